The first kappa shape index (κ1) is 9.94. The lowest BCUT2D eigenvalue weighted by molar-refractivity contribution is -0.112. The standard InChI is InChI=1S/C10H12NOP/c1-8(12)10(13)7-11-9-5-3-2-4-6-9/h2-7,11H,13H2,1H3/b10-7-. The molecule has 1 aromatic rings. The van der Waals surface area contributed by atoms with E-state index < -0.39 is 0 Å². The van der Waals surface area contributed by atoms with E-state index in [-0.39, 0.29) is 5.78 Å². The van der Waals surface area contributed by atoms with Crippen molar-refractivity contribution in [3.63, 3.8) is 0 Å². The maximum absolute atomic E-state index is 10.8. The van der Waals surface area contributed by atoms with Gasteiger partial charge >= 0.3 is 0 Å². The molecule has 0 saturated heterocycles. The molecule has 1 unspecified atom stereocenters. The van der Waals surface area contributed by atoms with Crippen LogP contribution in [0.3, 0.4) is 0 Å². The van der Waals surface area contributed by atoms with E-state index in [0.29, 0.717) is 5.31 Å². The quantitative estimate of drug-likeness (QED) is 0.590. The smallest absolute Gasteiger partial charge is 0.161 e. The number of anilines is 1. The summed E-state index contributed by atoms with van der Waals surface area (Å²) in [6, 6.07) is 9.70. The Morgan fingerprint density at radius 1 is 1.38 bits per heavy atom. The molecule has 1 atom stereocenters. The lowest BCUT2D eigenvalue weighted by Gasteiger charge is -2.00. The van der Waals surface area contributed by atoms with Crippen LogP contribution in [0, 0.1) is 0 Å². The van der Waals surface area contributed by atoms with Crippen LogP contribution >= 0.6 is 9.24 Å². The SMILES string of the molecule is CC(=O)/C(P)=C/Nc1ccccc1. The number of carbonyl (C=O) groups is 1. The Morgan fingerprint density at radius 2 is 2.00 bits per heavy atom. The van der Waals surface area contributed by atoms with Gasteiger partial charge in [-0.1, -0.05) is 18.2 Å². The number of benzene rings is 1. The van der Waals surface area contributed by atoms with Gasteiger partial charge in [-0.05, 0) is 19.1 Å². The van der Waals surface area contributed by atoms with E-state index in [1.807, 2.05) is 30.3 Å². The van der Waals surface area contributed by atoms with E-state index in [9.17, 15) is 4.79 Å². The monoisotopic (exact) mass is 193 g/mol. The molecule has 13 heavy (non-hydrogen) atoms. The van der Waals surface area contributed by atoms with E-state index >= 15 is 0 Å². The highest BCUT2D eigenvalue weighted by molar-refractivity contribution is 7.25. The fourth-order valence-electron chi connectivity index (χ4n) is 0.797. The number of rotatable bonds is 3. The van der Waals surface area contributed by atoms with E-state index in [1.54, 1.807) is 6.20 Å². The van der Waals surface area contributed by atoms with Crippen molar-refractivity contribution in [2.75, 3.05) is 5.32 Å². The molecule has 0 heterocycles. The fraction of sp³-hybridized carbons (Fsp3) is 0.100. The van der Waals surface area contributed by atoms with Crippen LogP contribution in [0.5, 0.6) is 0 Å². The second-order valence-electron chi connectivity index (χ2n) is 2.67. The van der Waals surface area contributed by atoms with Crippen molar-refractivity contribution in [2.45, 2.75) is 6.92 Å². The van der Waals surface area contributed by atoms with Crippen molar-refractivity contribution < 1.29 is 4.79 Å². The predicted octanol–water partition coefficient (Wildman–Crippen LogP) is 2.40. The van der Waals surface area contributed by atoms with Crippen molar-refractivity contribution in [1.82, 2.24) is 0 Å². The van der Waals surface area contributed by atoms with Crippen molar-refractivity contribution >= 4 is 20.7 Å². The van der Waals surface area contributed by atoms with Crippen LogP contribution in [-0.4, -0.2) is 5.78 Å². The summed E-state index contributed by atoms with van der Waals surface area (Å²) in [7, 11) is 2.39. The predicted molar refractivity (Wildman–Crippen MR) is 58.5 cm³/mol. The van der Waals surface area contributed by atoms with Crippen LogP contribution < -0.4 is 5.32 Å². The molecule has 1 rings (SSSR count). The van der Waals surface area contributed by atoms with Crippen LogP contribution in [0.4, 0.5) is 5.69 Å². The van der Waals surface area contributed by atoms with E-state index in [1.165, 1.54) is 6.92 Å². The van der Waals surface area contributed by atoms with Gasteiger partial charge in [-0.15, -0.1) is 9.24 Å². The van der Waals surface area contributed by atoms with Crippen molar-refractivity contribution in [1.29, 1.82) is 0 Å². The number of allylic oxidation sites excluding steroid dienone is 1. The molecule has 68 valence electrons. The molecule has 0 amide bonds. The Kier molecular flexibility index (Phi) is 3.66. The van der Waals surface area contributed by atoms with Gasteiger partial charge in [0.1, 0.15) is 0 Å². The normalized spacial score (nSPS) is 11.1. The highest BCUT2D eigenvalue weighted by Gasteiger charge is 1.94. The zero-order valence-corrected chi connectivity index (χ0v) is 8.60. The minimum Gasteiger partial charge on any atom is -0.361 e. The third-order valence-electron chi connectivity index (χ3n) is 1.57. The summed E-state index contributed by atoms with van der Waals surface area (Å²) >= 11 is 0. The average Bonchev–Trinajstić information content (AvgIpc) is 2.15. The van der Waals surface area contributed by atoms with Gasteiger partial charge in [0.05, 0.1) is 0 Å². The molecule has 0 fully saturated rings. The van der Waals surface area contributed by atoms with Crippen LogP contribution in [-0.2, 0) is 4.79 Å². The molecule has 0 aliphatic rings. The zero-order chi connectivity index (χ0) is 9.68. The largest absolute Gasteiger partial charge is 0.361 e. The molecule has 1 N–H and O–H groups in total. The minimum atomic E-state index is 0.0495. The maximum atomic E-state index is 10.8. The maximum Gasteiger partial charge on any atom is 0.161 e. The lowest BCUT2D eigenvalue weighted by Crippen LogP contribution is -1.93. The summed E-state index contributed by atoms with van der Waals surface area (Å²) in [5.74, 6) is 0.0495. The molecule has 0 aliphatic heterocycles. The Hall–Kier alpha value is -1.14. The van der Waals surface area contributed by atoms with E-state index in [0.717, 1.165) is 5.69 Å². The summed E-state index contributed by atoms with van der Waals surface area (Å²) in [6.45, 7) is 1.53. The molecule has 0 bridgehead atoms. The summed E-state index contributed by atoms with van der Waals surface area (Å²) in [5.41, 5.74) is 0.976. The van der Waals surface area contributed by atoms with Gasteiger partial charge in [-0.25, -0.2) is 0 Å². The highest BCUT2D eigenvalue weighted by atomic mass is 31.0. The Morgan fingerprint density at radius 3 is 2.54 bits per heavy atom. The fourth-order valence-corrected chi connectivity index (χ4v) is 0.880. The topological polar surface area (TPSA) is 29.1 Å². The highest BCUT2D eigenvalue weighted by Crippen LogP contribution is 2.09. The van der Waals surface area contributed by atoms with Gasteiger partial charge in [-0.3, -0.25) is 4.79 Å². The lowest BCUT2D eigenvalue weighted by atomic mass is 10.3. The number of ketones is 1. The summed E-state index contributed by atoms with van der Waals surface area (Å²) < 4.78 is 0. The molecule has 0 aromatic heterocycles. The Bertz CT molecular complexity index is 319. The molecule has 0 radical (unpaired) electrons. The molecule has 2 nitrogen and oxygen atoms in total. The molecule has 0 spiro atoms. The molecule has 3 heteroatoms. The van der Waals surface area contributed by atoms with E-state index in [2.05, 4.69) is 14.6 Å². The Labute approximate surface area is 80.2 Å². The molecular weight excluding hydrogens is 181 g/mol. The summed E-state index contributed by atoms with van der Waals surface area (Å²) in [4.78, 5) is 10.8. The minimum absolute atomic E-state index is 0.0495. The average molecular weight is 193 g/mol. The number of carbonyl (C=O) groups excluding carboxylic acids is 1. The van der Waals surface area contributed by atoms with Crippen molar-refractivity contribution in [3.8, 4) is 0 Å². The third-order valence-corrected chi connectivity index (χ3v) is 2.15. The van der Waals surface area contributed by atoms with Gasteiger partial charge in [0, 0.05) is 17.2 Å². The van der Waals surface area contributed by atoms with Crippen molar-refractivity contribution in [2.24, 2.45) is 0 Å². The van der Waals surface area contributed by atoms with Gasteiger partial charge in [0.25, 0.3) is 0 Å². The van der Waals surface area contributed by atoms with Crippen LogP contribution in [0.25, 0.3) is 0 Å². The number of hydrogen-bond acceptors (Lipinski definition) is 2. The first-order chi connectivity index (χ1) is 6.20. The second-order valence-corrected chi connectivity index (χ2v) is 3.29. The van der Waals surface area contributed by atoms with Crippen LogP contribution in [0.1, 0.15) is 6.92 Å². The summed E-state index contributed by atoms with van der Waals surface area (Å²) in [5, 5.41) is 3.66. The first-order valence-corrected chi connectivity index (χ1v) is 4.56. The van der Waals surface area contributed by atoms with Gasteiger partial charge < -0.3 is 5.32 Å². The number of para-hydroxylation sites is 1. The number of nitrogens with one attached hydrogen (secondary N) is 1. The van der Waals surface area contributed by atoms with Crippen LogP contribution in [0.2, 0.25) is 0 Å². The second kappa shape index (κ2) is 4.78. The van der Waals surface area contributed by atoms with Gasteiger partial charge in [0.15, 0.2) is 5.78 Å². The zero-order valence-electron chi connectivity index (χ0n) is 7.45. The summed E-state index contributed by atoms with van der Waals surface area (Å²) in [6.07, 6.45) is 1.68. The number of hydrogen-bond donors (Lipinski definition) is 1. The molecule has 0 aliphatic carbocycles. The van der Waals surface area contributed by atoms with Crippen LogP contribution in [0.15, 0.2) is 41.8 Å². The first-order valence-electron chi connectivity index (χ1n) is 3.98. The molecular formula is C10H12NOP. The van der Waals surface area contributed by atoms with Gasteiger partial charge in [-0.2, -0.15) is 0 Å². The molecule has 0 saturated carbocycles. The third kappa shape index (κ3) is 3.39. The van der Waals surface area contributed by atoms with E-state index in [4.69, 9.17) is 0 Å². The molecule has 1 aromatic carbocycles. The van der Waals surface area contributed by atoms with Gasteiger partial charge in [0.2, 0.25) is 0 Å². The Balaban J connectivity index is 2.62. The number of Topliss-reactive ketones (excluding diaryl/α,β-unsaturated/α-hetero) is 1. The van der Waals surface area contributed by atoms with Crippen molar-refractivity contribution in [3.05, 3.63) is 41.8 Å².